The Bertz CT molecular complexity index is 306. The summed E-state index contributed by atoms with van der Waals surface area (Å²) in [5.41, 5.74) is 1.46. The van der Waals surface area contributed by atoms with E-state index in [9.17, 15) is 4.79 Å². The molecule has 2 rings (SSSR count). The second-order valence-electron chi connectivity index (χ2n) is 5.71. The van der Waals surface area contributed by atoms with E-state index in [0.29, 0.717) is 18.3 Å². The van der Waals surface area contributed by atoms with E-state index < -0.39 is 5.97 Å². The molecule has 1 fully saturated rings. The van der Waals surface area contributed by atoms with Crippen molar-refractivity contribution in [3.05, 3.63) is 11.6 Å². The molecule has 0 aliphatic heterocycles. The van der Waals surface area contributed by atoms with Crippen molar-refractivity contribution >= 4 is 5.97 Å². The summed E-state index contributed by atoms with van der Waals surface area (Å²) in [6.45, 7) is 4.52. The van der Waals surface area contributed by atoms with Crippen molar-refractivity contribution in [2.24, 2.45) is 23.7 Å². The Hall–Kier alpha value is -0.790. The number of rotatable bonds is 2. The predicted molar refractivity (Wildman–Crippen MR) is 64.1 cm³/mol. The number of fused-ring (bicyclic) bond motifs is 1. The Morgan fingerprint density at radius 1 is 1.44 bits per heavy atom. The fourth-order valence-electron chi connectivity index (χ4n) is 3.62. The first-order valence-electron chi connectivity index (χ1n) is 6.47. The second-order valence-corrected chi connectivity index (χ2v) is 5.71. The number of carboxylic acids is 1. The van der Waals surface area contributed by atoms with Gasteiger partial charge in [0.25, 0.3) is 0 Å². The largest absolute Gasteiger partial charge is 0.481 e. The van der Waals surface area contributed by atoms with Gasteiger partial charge in [-0.3, -0.25) is 4.79 Å². The maximum Gasteiger partial charge on any atom is 0.303 e. The SMILES string of the molecule is CC1=C[C@@H]2C(CC(=O)O)CC[C@@H](C)[C@@H]2CC1. The summed E-state index contributed by atoms with van der Waals surface area (Å²) in [6, 6.07) is 0. The molecule has 0 aromatic carbocycles. The molecule has 0 spiro atoms. The Kier molecular flexibility index (Phi) is 3.36. The van der Waals surface area contributed by atoms with Gasteiger partial charge >= 0.3 is 5.97 Å². The lowest BCUT2D eigenvalue weighted by molar-refractivity contribution is -0.139. The molecule has 1 N–H and O–H groups in total. The fourth-order valence-corrected chi connectivity index (χ4v) is 3.62. The highest BCUT2D eigenvalue weighted by Crippen LogP contribution is 2.46. The van der Waals surface area contributed by atoms with Crippen molar-refractivity contribution in [3.63, 3.8) is 0 Å². The minimum atomic E-state index is -0.630. The van der Waals surface area contributed by atoms with Gasteiger partial charge in [-0.15, -0.1) is 0 Å². The Labute approximate surface area is 97.7 Å². The number of allylic oxidation sites excluding steroid dienone is 2. The van der Waals surface area contributed by atoms with Crippen LogP contribution in [-0.2, 0) is 4.79 Å². The van der Waals surface area contributed by atoms with Gasteiger partial charge in [-0.2, -0.15) is 0 Å². The predicted octanol–water partition coefficient (Wildman–Crippen LogP) is 3.48. The van der Waals surface area contributed by atoms with Crippen LogP contribution in [0.15, 0.2) is 11.6 Å². The van der Waals surface area contributed by atoms with Crippen LogP contribution in [0.1, 0.15) is 46.0 Å². The lowest BCUT2D eigenvalue weighted by Gasteiger charge is -2.43. The molecule has 1 saturated carbocycles. The first kappa shape index (κ1) is 11.7. The van der Waals surface area contributed by atoms with Gasteiger partial charge in [0, 0.05) is 6.42 Å². The Balaban J connectivity index is 2.15. The molecule has 2 heteroatoms. The Morgan fingerprint density at radius 2 is 2.19 bits per heavy atom. The molecule has 2 aliphatic carbocycles. The maximum absolute atomic E-state index is 10.9. The fraction of sp³-hybridized carbons (Fsp3) is 0.786. The molecular formula is C14H22O2. The maximum atomic E-state index is 10.9. The average Bonchev–Trinajstić information content (AvgIpc) is 2.22. The quantitative estimate of drug-likeness (QED) is 0.726. The third-order valence-corrected chi connectivity index (χ3v) is 4.55. The molecule has 0 radical (unpaired) electrons. The van der Waals surface area contributed by atoms with Crippen molar-refractivity contribution in [2.45, 2.75) is 46.0 Å². The number of carboxylic acid groups (broad SMARTS) is 1. The number of hydrogen-bond acceptors (Lipinski definition) is 1. The van der Waals surface area contributed by atoms with Crippen LogP contribution in [-0.4, -0.2) is 11.1 Å². The summed E-state index contributed by atoms with van der Waals surface area (Å²) in [5.74, 6) is 1.80. The lowest BCUT2D eigenvalue weighted by atomic mass is 9.62. The number of aliphatic carboxylic acids is 1. The van der Waals surface area contributed by atoms with Crippen LogP contribution in [0.5, 0.6) is 0 Å². The Morgan fingerprint density at radius 3 is 2.88 bits per heavy atom. The second kappa shape index (κ2) is 4.60. The van der Waals surface area contributed by atoms with Crippen molar-refractivity contribution in [3.8, 4) is 0 Å². The zero-order chi connectivity index (χ0) is 11.7. The monoisotopic (exact) mass is 222 g/mol. The van der Waals surface area contributed by atoms with E-state index in [2.05, 4.69) is 19.9 Å². The number of hydrogen-bond donors (Lipinski definition) is 1. The van der Waals surface area contributed by atoms with Crippen molar-refractivity contribution in [1.29, 1.82) is 0 Å². The summed E-state index contributed by atoms with van der Waals surface area (Å²) < 4.78 is 0. The molecule has 16 heavy (non-hydrogen) atoms. The van der Waals surface area contributed by atoms with Crippen molar-refractivity contribution in [1.82, 2.24) is 0 Å². The molecule has 0 aromatic heterocycles. The molecule has 4 atom stereocenters. The molecule has 2 nitrogen and oxygen atoms in total. The summed E-state index contributed by atoms with van der Waals surface area (Å²) in [6.07, 6.45) is 7.52. The van der Waals surface area contributed by atoms with Gasteiger partial charge in [0.2, 0.25) is 0 Å². The zero-order valence-electron chi connectivity index (χ0n) is 10.3. The van der Waals surface area contributed by atoms with Crippen LogP contribution in [0.2, 0.25) is 0 Å². The van der Waals surface area contributed by atoms with Crippen molar-refractivity contribution in [2.75, 3.05) is 0 Å². The normalized spacial score (nSPS) is 38.8. The highest BCUT2D eigenvalue weighted by molar-refractivity contribution is 5.67. The van der Waals surface area contributed by atoms with Crippen molar-refractivity contribution < 1.29 is 9.90 Å². The van der Waals surface area contributed by atoms with E-state index in [-0.39, 0.29) is 0 Å². The molecule has 0 amide bonds. The highest BCUT2D eigenvalue weighted by atomic mass is 16.4. The van der Waals surface area contributed by atoms with Gasteiger partial charge in [-0.25, -0.2) is 0 Å². The van der Waals surface area contributed by atoms with E-state index >= 15 is 0 Å². The van der Waals surface area contributed by atoms with E-state index in [0.717, 1.165) is 18.3 Å². The van der Waals surface area contributed by atoms with Crippen LogP contribution < -0.4 is 0 Å². The third kappa shape index (κ3) is 2.31. The lowest BCUT2D eigenvalue weighted by Crippen LogP contribution is -2.35. The van der Waals surface area contributed by atoms with Gasteiger partial charge in [-0.05, 0) is 49.9 Å². The molecule has 90 valence electrons. The van der Waals surface area contributed by atoms with Gasteiger partial charge in [-0.1, -0.05) is 25.0 Å². The summed E-state index contributed by atoms with van der Waals surface area (Å²) in [4.78, 5) is 10.9. The molecule has 0 aromatic rings. The van der Waals surface area contributed by atoms with Gasteiger partial charge in [0.1, 0.15) is 0 Å². The number of carbonyl (C=O) groups is 1. The summed E-state index contributed by atoms with van der Waals surface area (Å²) in [7, 11) is 0. The molecule has 0 bridgehead atoms. The van der Waals surface area contributed by atoms with Gasteiger partial charge in [0.05, 0.1) is 0 Å². The zero-order valence-corrected chi connectivity index (χ0v) is 10.3. The van der Waals surface area contributed by atoms with E-state index in [1.54, 1.807) is 0 Å². The summed E-state index contributed by atoms with van der Waals surface area (Å²) >= 11 is 0. The average molecular weight is 222 g/mol. The van der Waals surface area contributed by atoms with E-state index in [4.69, 9.17) is 5.11 Å². The topological polar surface area (TPSA) is 37.3 Å². The van der Waals surface area contributed by atoms with Crippen LogP contribution in [0.25, 0.3) is 0 Å². The molecular weight excluding hydrogens is 200 g/mol. The van der Waals surface area contributed by atoms with Gasteiger partial charge in [0.15, 0.2) is 0 Å². The van der Waals surface area contributed by atoms with E-state index in [1.165, 1.54) is 24.8 Å². The van der Waals surface area contributed by atoms with Crippen LogP contribution in [0.4, 0.5) is 0 Å². The standard InChI is InChI=1S/C14H22O2/c1-9-3-6-12-10(2)4-5-11(8-14(15)16)13(12)7-9/h7,10-13H,3-6,8H2,1-2H3,(H,15,16)/t10-,11?,12+,13-/m1/s1. The first-order chi connectivity index (χ1) is 7.58. The molecule has 0 saturated heterocycles. The third-order valence-electron chi connectivity index (χ3n) is 4.55. The molecule has 2 aliphatic rings. The highest BCUT2D eigenvalue weighted by Gasteiger charge is 2.38. The minimum absolute atomic E-state index is 0.359. The van der Waals surface area contributed by atoms with E-state index in [1.807, 2.05) is 0 Å². The van der Waals surface area contributed by atoms with Gasteiger partial charge < -0.3 is 5.11 Å². The molecule has 0 heterocycles. The smallest absolute Gasteiger partial charge is 0.303 e. The first-order valence-corrected chi connectivity index (χ1v) is 6.47. The minimum Gasteiger partial charge on any atom is -0.481 e. The van der Waals surface area contributed by atoms with Crippen LogP contribution >= 0.6 is 0 Å². The summed E-state index contributed by atoms with van der Waals surface area (Å²) in [5, 5.41) is 8.97. The van der Waals surface area contributed by atoms with Crippen LogP contribution in [0.3, 0.4) is 0 Å². The van der Waals surface area contributed by atoms with Crippen LogP contribution in [0, 0.1) is 23.7 Å². The molecule has 1 unspecified atom stereocenters.